The van der Waals surface area contributed by atoms with E-state index in [1.807, 2.05) is 44.2 Å². The van der Waals surface area contributed by atoms with Crippen molar-refractivity contribution in [3.63, 3.8) is 0 Å². The Hall–Kier alpha value is -1.32. The number of halogens is 1. The first-order chi connectivity index (χ1) is 10.4. The van der Waals surface area contributed by atoms with Crippen LogP contribution in [-0.2, 0) is 9.53 Å². The van der Waals surface area contributed by atoms with Crippen LogP contribution in [-0.4, -0.2) is 24.7 Å². The summed E-state index contributed by atoms with van der Waals surface area (Å²) in [6, 6.07) is 7.39. The maximum atomic E-state index is 12.3. The van der Waals surface area contributed by atoms with Crippen LogP contribution in [0.2, 0.25) is 5.02 Å². The molecule has 1 aliphatic heterocycles. The Kier molecular flexibility index (Phi) is 5.65. The van der Waals surface area contributed by atoms with Gasteiger partial charge in [-0.05, 0) is 70.5 Å². The molecule has 120 valence electrons. The van der Waals surface area contributed by atoms with Gasteiger partial charge in [0.25, 0.3) is 0 Å². The van der Waals surface area contributed by atoms with Crippen LogP contribution in [0.1, 0.15) is 39.2 Å². The van der Waals surface area contributed by atoms with Gasteiger partial charge in [-0.2, -0.15) is 0 Å². The third-order valence-electron chi connectivity index (χ3n) is 4.25. The Morgan fingerprint density at radius 3 is 2.45 bits per heavy atom. The summed E-state index contributed by atoms with van der Waals surface area (Å²) in [6.07, 6.45) is 3.91. The monoisotopic (exact) mass is 321 g/mol. The lowest BCUT2D eigenvalue weighted by Gasteiger charge is -2.36. The van der Waals surface area contributed by atoms with Crippen LogP contribution in [0, 0.1) is 5.92 Å². The van der Waals surface area contributed by atoms with E-state index < -0.39 is 5.60 Å². The minimum Gasteiger partial charge on any atom is -0.456 e. The fourth-order valence-corrected chi connectivity index (χ4v) is 2.91. The number of esters is 1. The summed E-state index contributed by atoms with van der Waals surface area (Å²) >= 11 is 5.87. The number of nitrogens with one attached hydrogen (secondary N) is 1. The van der Waals surface area contributed by atoms with E-state index in [0.717, 1.165) is 31.5 Å². The molecule has 0 amide bonds. The smallest absolute Gasteiger partial charge is 0.334 e. The third kappa shape index (κ3) is 4.59. The van der Waals surface area contributed by atoms with Crippen molar-refractivity contribution in [1.29, 1.82) is 0 Å². The first kappa shape index (κ1) is 17.0. The van der Waals surface area contributed by atoms with E-state index in [1.54, 1.807) is 6.92 Å². The van der Waals surface area contributed by atoms with Gasteiger partial charge in [0.2, 0.25) is 0 Å². The fourth-order valence-electron chi connectivity index (χ4n) is 2.79. The van der Waals surface area contributed by atoms with Crippen molar-refractivity contribution >= 4 is 23.6 Å². The second-order valence-corrected chi connectivity index (χ2v) is 6.83. The maximum Gasteiger partial charge on any atom is 0.334 e. The van der Waals surface area contributed by atoms with E-state index in [1.165, 1.54) is 0 Å². The van der Waals surface area contributed by atoms with E-state index in [0.29, 0.717) is 16.5 Å². The van der Waals surface area contributed by atoms with Gasteiger partial charge in [0, 0.05) is 16.5 Å². The van der Waals surface area contributed by atoms with Crippen molar-refractivity contribution in [2.75, 3.05) is 13.1 Å². The number of carbonyl (C=O) groups excluding carboxylic acids is 1. The molecule has 2 rings (SSSR count). The standard InChI is InChI=1S/C18H24ClNO2/c1-13(12-14-4-6-16(19)7-5-14)17(21)22-18(2,3)15-8-10-20-11-9-15/h4-7,12,15,20H,8-11H2,1-3H3/b13-12+. The SMILES string of the molecule is C/C(=C\c1ccc(Cl)cc1)C(=O)OC(C)(C)C1CCNCC1. The zero-order valence-corrected chi connectivity index (χ0v) is 14.2. The topological polar surface area (TPSA) is 38.3 Å². The molecule has 0 aliphatic carbocycles. The predicted octanol–water partition coefficient (Wildman–Crippen LogP) is 4.06. The first-order valence-electron chi connectivity index (χ1n) is 7.76. The zero-order chi connectivity index (χ0) is 16.2. The van der Waals surface area contributed by atoms with E-state index in [2.05, 4.69) is 5.32 Å². The van der Waals surface area contributed by atoms with Gasteiger partial charge in [0.15, 0.2) is 0 Å². The van der Waals surface area contributed by atoms with Crippen molar-refractivity contribution in [1.82, 2.24) is 5.32 Å². The molecule has 0 unspecified atom stereocenters. The average molecular weight is 322 g/mol. The molecule has 0 aromatic heterocycles. The molecule has 0 spiro atoms. The number of hydrogen-bond acceptors (Lipinski definition) is 3. The second-order valence-electron chi connectivity index (χ2n) is 6.40. The normalized spacial score (nSPS) is 17.4. The van der Waals surface area contributed by atoms with Crippen molar-refractivity contribution in [2.45, 2.75) is 39.2 Å². The number of ether oxygens (including phenoxy) is 1. The van der Waals surface area contributed by atoms with Crippen molar-refractivity contribution in [3.8, 4) is 0 Å². The summed E-state index contributed by atoms with van der Waals surface area (Å²) < 4.78 is 5.77. The Morgan fingerprint density at radius 1 is 1.27 bits per heavy atom. The lowest BCUT2D eigenvalue weighted by Crippen LogP contribution is -2.42. The molecule has 0 bridgehead atoms. The van der Waals surface area contributed by atoms with Crippen LogP contribution in [0.15, 0.2) is 29.8 Å². The van der Waals surface area contributed by atoms with Crippen molar-refractivity contribution in [3.05, 3.63) is 40.4 Å². The highest BCUT2D eigenvalue weighted by Crippen LogP contribution is 2.29. The number of hydrogen-bond donors (Lipinski definition) is 1. The fraction of sp³-hybridized carbons (Fsp3) is 0.500. The predicted molar refractivity (Wildman–Crippen MR) is 90.9 cm³/mol. The van der Waals surface area contributed by atoms with Crippen LogP contribution in [0.5, 0.6) is 0 Å². The Labute approximate surface area is 137 Å². The van der Waals surface area contributed by atoms with Crippen LogP contribution in [0.25, 0.3) is 6.08 Å². The Balaban J connectivity index is 2.02. The molecule has 1 aliphatic rings. The highest BCUT2D eigenvalue weighted by Gasteiger charge is 2.34. The minimum absolute atomic E-state index is 0.251. The van der Waals surface area contributed by atoms with Gasteiger partial charge in [-0.1, -0.05) is 23.7 Å². The summed E-state index contributed by atoms with van der Waals surface area (Å²) in [6.45, 7) is 7.79. The summed E-state index contributed by atoms with van der Waals surface area (Å²) in [7, 11) is 0. The van der Waals surface area contributed by atoms with Gasteiger partial charge in [-0.3, -0.25) is 0 Å². The van der Waals surface area contributed by atoms with Gasteiger partial charge < -0.3 is 10.1 Å². The summed E-state index contributed by atoms with van der Waals surface area (Å²) in [5.41, 5.74) is 1.11. The van der Waals surface area contributed by atoms with E-state index in [9.17, 15) is 4.79 Å². The molecule has 1 aromatic rings. The van der Waals surface area contributed by atoms with E-state index in [4.69, 9.17) is 16.3 Å². The number of carbonyl (C=O) groups is 1. The summed E-state index contributed by atoms with van der Waals surface area (Å²) in [5.74, 6) is 0.152. The number of piperidine rings is 1. The summed E-state index contributed by atoms with van der Waals surface area (Å²) in [4.78, 5) is 12.3. The molecule has 1 aromatic carbocycles. The molecule has 22 heavy (non-hydrogen) atoms. The molecule has 3 nitrogen and oxygen atoms in total. The van der Waals surface area contributed by atoms with Crippen molar-refractivity contribution in [2.24, 2.45) is 5.92 Å². The van der Waals surface area contributed by atoms with E-state index in [-0.39, 0.29) is 5.97 Å². The third-order valence-corrected chi connectivity index (χ3v) is 4.51. The van der Waals surface area contributed by atoms with Gasteiger partial charge >= 0.3 is 5.97 Å². The van der Waals surface area contributed by atoms with Crippen molar-refractivity contribution < 1.29 is 9.53 Å². The summed E-state index contributed by atoms with van der Waals surface area (Å²) in [5, 5.41) is 4.02. The number of rotatable bonds is 4. The molecular formula is C18H24ClNO2. The molecule has 4 heteroatoms. The molecule has 0 atom stereocenters. The second kappa shape index (κ2) is 7.30. The van der Waals surface area contributed by atoms with Gasteiger partial charge in [-0.15, -0.1) is 0 Å². The lowest BCUT2D eigenvalue weighted by atomic mass is 9.83. The van der Waals surface area contributed by atoms with Crippen LogP contribution in [0.3, 0.4) is 0 Å². The minimum atomic E-state index is -0.436. The van der Waals surface area contributed by atoms with Gasteiger partial charge in [-0.25, -0.2) is 4.79 Å². The molecule has 1 saturated heterocycles. The molecular weight excluding hydrogens is 298 g/mol. The first-order valence-corrected chi connectivity index (χ1v) is 8.14. The van der Waals surface area contributed by atoms with Crippen LogP contribution >= 0.6 is 11.6 Å². The maximum absolute atomic E-state index is 12.3. The van der Waals surface area contributed by atoms with Crippen LogP contribution in [0.4, 0.5) is 0 Å². The highest BCUT2D eigenvalue weighted by atomic mass is 35.5. The molecule has 1 fully saturated rings. The average Bonchev–Trinajstić information content (AvgIpc) is 2.50. The molecule has 0 radical (unpaired) electrons. The van der Waals surface area contributed by atoms with Gasteiger partial charge in [0.1, 0.15) is 5.60 Å². The quantitative estimate of drug-likeness (QED) is 0.671. The lowest BCUT2D eigenvalue weighted by molar-refractivity contribution is -0.157. The Morgan fingerprint density at radius 2 is 1.86 bits per heavy atom. The Bertz CT molecular complexity index is 543. The molecule has 1 heterocycles. The molecule has 0 saturated carbocycles. The largest absolute Gasteiger partial charge is 0.456 e. The van der Waals surface area contributed by atoms with E-state index >= 15 is 0 Å². The number of benzene rings is 1. The molecule has 1 N–H and O–H groups in total. The van der Waals surface area contributed by atoms with Gasteiger partial charge in [0.05, 0.1) is 0 Å². The van der Waals surface area contributed by atoms with Crippen LogP contribution < -0.4 is 5.32 Å². The highest BCUT2D eigenvalue weighted by molar-refractivity contribution is 6.30. The zero-order valence-electron chi connectivity index (χ0n) is 13.5.